The Balaban J connectivity index is 1.47. The van der Waals surface area contributed by atoms with Gasteiger partial charge in [-0.1, -0.05) is 0 Å². The van der Waals surface area contributed by atoms with Crippen molar-refractivity contribution in [1.82, 2.24) is 4.90 Å². The fourth-order valence-corrected chi connectivity index (χ4v) is 3.74. The predicted molar refractivity (Wildman–Crippen MR) is 119 cm³/mol. The fourth-order valence-electron chi connectivity index (χ4n) is 3.74. The zero-order chi connectivity index (χ0) is 22.5. The van der Waals surface area contributed by atoms with Gasteiger partial charge in [0.2, 0.25) is 0 Å². The van der Waals surface area contributed by atoms with Gasteiger partial charge in [0, 0.05) is 49.6 Å². The zero-order valence-electron chi connectivity index (χ0n) is 18.3. The average molecular weight is 441 g/mol. The van der Waals surface area contributed by atoms with Crippen LogP contribution < -0.4 is 24.4 Å². The quantitative estimate of drug-likeness (QED) is 0.703. The molecular weight excluding hydrogens is 414 g/mol. The molecule has 4 rings (SSSR count). The molecule has 2 heterocycles. The van der Waals surface area contributed by atoms with E-state index in [1.165, 1.54) is 14.2 Å². The highest BCUT2D eigenvalue weighted by Crippen LogP contribution is 2.35. The number of fused-ring (bicyclic) bond motifs is 1. The number of rotatable bonds is 7. The van der Waals surface area contributed by atoms with Crippen molar-refractivity contribution in [3.05, 3.63) is 42.0 Å². The molecule has 170 valence electrons. The number of amides is 2. The van der Waals surface area contributed by atoms with E-state index in [1.807, 2.05) is 0 Å². The summed E-state index contributed by atoms with van der Waals surface area (Å²) in [5.74, 6) is 1.23. The molecule has 2 amide bonds. The van der Waals surface area contributed by atoms with Gasteiger partial charge in [0.25, 0.3) is 11.8 Å². The summed E-state index contributed by atoms with van der Waals surface area (Å²) in [7, 11) is 3.06. The number of hydrogen-bond donors (Lipinski definition) is 1. The Hall–Kier alpha value is -3.30. The molecule has 2 aliphatic heterocycles. The number of hydrogen-bond acceptors (Lipinski definition) is 7. The number of nitrogens with zero attached hydrogens (tertiary/aromatic N) is 2. The van der Waals surface area contributed by atoms with Crippen LogP contribution in [-0.4, -0.2) is 76.9 Å². The summed E-state index contributed by atoms with van der Waals surface area (Å²) in [4.78, 5) is 29.3. The maximum atomic E-state index is 12.8. The van der Waals surface area contributed by atoms with Crippen LogP contribution >= 0.6 is 0 Å². The first-order valence-corrected chi connectivity index (χ1v) is 10.5. The van der Waals surface area contributed by atoms with Crippen molar-refractivity contribution in [2.24, 2.45) is 0 Å². The lowest BCUT2D eigenvalue weighted by Crippen LogP contribution is -2.45. The third kappa shape index (κ3) is 4.95. The third-order valence-electron chi connectivity index (χ3n) is 5.52. The van der Waals surface area contributed by atoms with Crippen molar-refractivity contribution >= 4 is 23.2 Å². The molecule has 0 bridgehead atoms. The lowest BCUT2D eigenvalue weighted by Gasteiger charge is -2.33. The van der Waals surface area contributed by atoms with Crippen LogP contribution in [0.4, 0.5) is 11.4 Å². The smallest absolute Gasteiger partial charge is 0.265 e. The number of anilines is 2. The summed E-state index contributed by atoms with van der Waals surface area (Å²) < 4.78 is 21.5. The standard InChI is InChI=1S/C23H27N3O6/c1-29-18-11-16(12-19(14-18)30-2)23(28)24-17-3-4-20-21(13-17)32-15-22(27)26(20)6-5-25-7-9-31-10-8-25/h3-4,11-14H,5-10,15H2,1-2H3,(H,24,28). The first kappa shape index (κ1) is 21.9. The molecule has 0 aliphatic carbocycles. The van der Waals surface area contributed by atoms with Crippen molar-refractivity contribution in [1.29, 1.82) is 0 Å². The Morgan fingerprint density at radius 3 is 2.44 bits per heavy atom. The fraction of sp³-hybridized carbons (Fsp3) is 0.391. The van der Waals surface area contributed by atoms with Gasteiger partial charge in [-0.15, -0.1) is 0 Å². The normalized spacial score (nSPS) is 16.2. The van der Waals surface area contributed by atoms with Gasteiger partial charge in [0.05, 0.1) is 33.1 Å². The summed E-state index contributed by atoms with van der Waals surface area (Å²) in [6.45, 7) is 4.48. The lowest BCUT2D eigenvalue weighted by atomic mass is 10.1. The number of methoxy groups -OCH3 is 2. The SMILES string of the molecule is COc1cc(OC)cc(C(=O)Nc2ccc3c(c2)OCC(=O)N3CCN2CCOCC2)c1. The van der Waals surface area contributed by atoms with E-state index >= 15 is 0 Å². The molecular formula is C23H27N3O6. The third-order valence-corrected chi connectivity index (χ3v) is 5.52. The van der Waals surface area contributed by atoms with E-state index < -0.39 is 0 Å². The van der Waals surface area contributed by atoms with Crippen LogP contribution in [0.5, 0.6) is 17.2 Å². The molecule has 1 fully saturated rings. The Morgan fingerprint density at radius 1 is 1.03 bits per heavy atom. The van der Waals surface area contributed by atoms with Crippen LogP contribution in [0.1, 0.15) is 10.4 Å². The molecule has 1 saturated heterocycles. The molecule has 2 aromatic rings. The van der Waals surface area contributed by atoms with Crippen molar-refractivity contribution < 1.29 is 28.5 Å². The van der Waals surface area contributed by atoms with Crippen molar-refractivity contribution in [3.63, 3.8) is 0 Å². The molecule has 2 aliphatic rings. The van der Waals surface area contributed by atoms with E-state index in [9.17, 15) is 9.59 Å². The Bertz CT molecular complexity index is 967. The van der Waals surface area contributed by atoms with E-state index in [-0.39, 0.29) is 18.4 Å². The van der Waals surface area contributed by atoms with Gasteiger partial charge in [0.1, 0.15) is 17.2 Å². The topological polar surface area (TPSA) is 89.6 Å². The van der Waals surface area contributed by atoms with Gasteiger partial charge in [-0.2, -0.15) is 0 Å². The van der Waals surface area contributed by atoms with Gasteiger partial charge in [0.15, 0.2) is 6.61 Å². The Morgan fingerprint density at radius 2 is 1.75 bits per heavy atom. The molecule has 9 heteroatoms. The minimum Gasteiger partial charge on any atom is -0.497 e. The monoisotopic (exact) mass is 441 g/mol. The first-order valence-electron chi connectivity index (χ1n) is 10.5. The maximum Gasteiger partial charge on any atom is 0.265 e. The van der Waals surface area contributed by atoms with Crippen LogP contribution in [-0.2, 0) is 9.53 Å². The lowest BCUT2D eigenvalue weighted by molar-refractivity contribution is -0.121. The number of morpholine rings is 1. The van der Waals surface area contributed by atoms with E-state index in [2.05, 4.69) is 10.2 Å². The van der Waals surface area contributed by atoms with Crippen molar-refractivity contribution in [2.45, 2.75) is 0 Å². The number of benzene rings is 2. The van der Waals surface area contributed by atoms with E-state index in [1.54, 1.807) is 41.3 Å². The van der Waals surface area contributed by atoms with Gasteiger partial charge in [-0.3, -0.25) is 14.5 Å². The number of ether oxygens (including phenoxy) is 4. The molecule has 0 aromatic heterocycles. The van der Waals surface area contributed by atoms with Crippen LogP contribution in [0, 0.1) is 0 Å². The van der Waals surface area contributed by atoms with Gasteiger partial charge in [-0.05, 0) is 24.3 Å². The van der Waals surface area contributed by atoms with Crippen molar-refractivity contribution in [2.75, 3.05) is 70.4 Å². The second-order valence-corrected chi connectivity index (χ2v) is 7.53. The summed E-state index contributed by atoms with van der Waals surface area (Å²) >= 11 is 0. The molecule has 9 nitrogen and oxygen atoms in total. The predicted octanol–water partition coefficient (Wildman–Crippen LogP) is 2.01. The van der Waals surface area contributed by atoms with E-state index in [4.69, 9.17) is 18.9 Å². The van der Waals surface area contributed by atoms with Crippen LogP contribution in [0.15, 0.2) is 36.4 Å². The molecule has 2 aromatic carbocycles. The molecule has 0 saturated carbocycles. The summed E-state index contributed by atoms with van der Waals surface area (Å²) in [5.41, 5.74) is 1.68. The largest absolute Gasteiger partial charge is 0.497 e. The molecule has 1 N–H and O–H groups in total. The molecule has 0 atom stereocenters. The highest BCUT2D eigenvalue weighted by Gasteiger charge is 2.26. The van der Waals surface area contributed by atoms with E-state index in [0.29, 0.717) is 40.7 Å². The summed E-state index contributed by atoms with van der Waals surface area (Å²) in [6, 6.07) is 10.3. The first-order chi connectivity index (χ1) is 15.6. The highest BCUT2D eigenvalue weighted by atomic mass is 16.5. The molecule has 0 unspecified atom stereocenters. The molecule has 0 radical (unpaired) electrons. The maximum absolute atomic E-state index is 12.8. The average Bonchev–Trinajstić information content (AvgIpc) is 2.83. The zero-order valence-corrected chi connectivity index (χ0v) is 18.3. The van der Waals surface area contributed by atoms with Crippen LogP contribution in [0.25, 0.3) is 0 Å². The molecule has 32 heavy (non-hydrogen) atoms. The summed E-state index contributed by atoms with van der Waals surface area (Å²) in [6.07, 6.45) is 0. The van der Waals surface area contributed by atoms with Crippen LogP contribution in [0.2, 0.25) is 0 Å². The second kappa shape index (κ2) is 9.88. The van der Waals surface area contributed by atoms with Crippen LogP contribution in [0.3, 0.4) is 0 Å². The minimum absolute atomic E-state index is 0.0272. The van der Waals surface area contributed by atoms with Gasteiger partial charge < -0.3 is 29.2 Å². The summed E-state index contributed by atoms with van der Waals surface area (Å²) in [5, 5.41) is 2.87. The van der Waals surface area contributed by atoms with Gasteiger partial charge >= 0.3 is 0 Å². The minimum atomic E-state index is -0.307. The van der Waals surface area contributed by atoms with E-state index in [0.717, 1.165) is 32.8 Å². The highest BCUT2D eigenvalue weighted by molar-refractivity contribution is 6.05. The Labute approximate surface area is 186 Å². The van der Waals surface area contributed by atoms with Crippen molar-refractivity contribution in [3.8, 4) is 17.2 Å². The van der Waals surface area contributed by atoms with Gasteiger partial charge in [-0.25, -0.2) is 0 Å². The number of carbonyl (C=O) groups is 2. The Kier molecular flexibility index (Phi) is 6.77. The second-order valence-electron chi connectivity index (χ2n) is 7.53. The number of nitrogens with one attached hydrogen (secondary N) is 1. The molecule has 0 spiro atoms. The number of carbonyl (C=O) groups excluding carboxylic acids is 2.